The van der Waals surface area contributed by atoms with Crippen molar-refractivity contribution in [2.75, 3.05) is 11.4 Å². The quantitative estimate of drug-likeness (QED) is 0.365. The molecule has 1 aromatic heterocycles. The molecular weight excluding hydrogens is 476 g/mol. The van der Waals surface area contributed by atoms with Crippen molar-refractivity contribution >= 4 is 40.1 Å². The molecule has 0 bridgehead atoms. The monoisotopic (exact) mass is 496 g/mol. The molecule has 0 N–H and O–H groups in total. The van der Waals surface area contributed by atoms with Gasteiger partial charge in [-0.2, -0.15) is 0 Å². The van der Waals surface area contributed by atoms with Gasteiger partial charge < -0.3 is 14.2 Å². The number of benzene rings is 3. The highest BCUT2D eigenvalue weighted by Crippen LogP contribution is 2.52. The van der Waals surface area contributed by atoms with Crippen LogP contribution in [0.3, 0.4) is 0 Å². The van der Waals surface area contributed by atoms with Crippen LogP contribution in [0.15, 0.2) is 88.6 Å². The topological polar surface area (TPSA) is 70.8 Å². The summed E-state index contributed by atoms with van der Waals surface area (Å²) >= 11 is 6.44. The number of amides is 2. The van der Waals surface area contributed by atoms with E-state index in [1.807, 2.05) is 43.3 Å². The number of carbonyl (C=O) groups is 2. The van der Waals surface area contributed by atoms with Crippen molar-refractivity contribution in [2.45, 2.75) is 19.0 Å². The maximum atomic E-state index is 14.5. The maximum absolute atomic E-state index is 14.5. The molecule has 0 saturated heterocycles. The van der Waals surface area contributed by atoms with E-state index in [9.17, 15) is 14.4 Å². The molecule has 7 heteroatoms. The summed E-state index contributed by atoms with van der Waals surface area (Å²) in [5, 5.41) is 0.853. The largest absolute Gasteiger partial charge is 0.450 e. The lowest BCUT2D eigenvalue weighted by atomic mass is 9.84. The average Bonchev–Trinajstić information content (AvgIpc) is 3.26. The molecule has 1 atom stereocenters. The summed E-state index contributed by atoms with van der Waals surface area (Å²) in [5.74, 6) is -1.04. The first-order valence-corrected chi connectivity index (χ1v) is 11.9. The Hall–Kier alpha value is -4.16. The van der Waals surface area contributed by atoms with E-state index < -0.39 is 22.8 Å². The van der Waals surface area contributed by atoms with Crippen LogP contribution >= 0.6 is 11.6 Å². The molecule has 0 fully saturated rings. The van der Waals surface area contributed by atoms with Crippen molar-refractivity contribution in [1.29, 1.82) is 0 Å². The fraction of sp³-hybridized carbons (Fsp3) is 0.138. The third kappa shape index (κ3) is 2.82. The zero-order valence-electron chi connectivity index (χ0n) is 19.5. The highest BCUT2D eigenvalue weighted by Gasteiger charge is 2.64. The summed E-state index contributed by atoms with van der Waals surface area (Å²) in [6.07, 6.45) is 1.55. The number of nitrogens with zero attached hydrogens (tertiary/aromatic N) is 2. The van der Waals surface area contributed by atoms with Crippen molar-refractivity contribution in [1.82, 2.24) is 4.90 Å². The molecule has 1 unspecified atom stereocenters. The van der Waals surface area contributed by atoms with Crippen molar-refractivity contribution < 1.29 is 14.0 Å². The van der Waals surface area contributed by atoms with Crippen molar-refractivity contribution in [3.8, 4) is 0 Å². The molecule has 2 aliphatic heterocycles. The number of hydrogen-bond donors (Lipinski definition) is 0. The molecule has 0 radical (unpaired) electrons. The Labute approximate surface area is 212 Å². The van der Waals surface area contributed by atoms with Gasteiger partial charge in [-0.15, -0.1) is 6.58 Å². The molecule has 178 valence electrons. The normalized spacial score (nSPS) is 18.3. The van der Waals surface area contributed by atoms with Gasteiger partial charge in [-0.05, 0) is 36.8 Å². The van der Waals surface area contributed by atoms with E-state index in [1.54, 1.807) is 41.3 Å². The Morgan fingerprint density at radius 3 is 2.56 bits per heavy atom. The van der Waals surface area contributed by atoms with Gasteiger partial charge in [-0.25, -0.2) is 0 Å². The SMILES string of the molecule is C=CCN1C(=O)c2oc3ccc(C)cc3c(=O)c2C12C(=O)N(Cc1ccccc1Cl)c1ccccc12. The molecule has 36 heavy (non-hydrogen) atoms. The molecular formula is C29H21ClN2O4. The van der Waals surface area contributed by atoms with Gasteiger partial charge in [0.1, 0.15) is 5.58 Å². The zero-order chi connectivity index (χ0) is 25.2. The predicted molar refractivity (Wildman–Crippen MR) is 138 cm³/mol. The number of rotatable bonds is 4. The molecule has 1 spiro atoms. The number of anilines is 1. The van der Waals surface area contributed by atoms with Crippen LogP contribution in [0.1, 0.15) is 32.8 Å². The maximum Gasteiger partial charge on any atom is 0.291 e. The number of hydrogen-bond acceptors (Lipinski definition) is 4. The molecule has 4 aromatic rings. The van der Waals surface area contributed by atoms with Crippen LogP contribution in [0.2, 0.25) is 5.02 Å². The van der Waals surface area contributed by atoms with E-state index >= 15 is 0 Å². The Morgan fingerprint density at radius 2 is 1.78 bits per heavy atom. The minimum Gasteiger partial charge on any atom is -0.450 e. The molecule has 6 nitrogen and oxygen atoms in total. The number of aryl methyl sites for hydroxylation is 1. The van der Waals surface area contributed by atoms with E-state index in [1.165, 1.54) is 4.90 Å². The zero-order valence-corrected chi connectivity index (χ0v) is 20.2. The van der Waals surface area contributed by atoms with E-state index in [0.717, 1.165) is 11.1 Å². The highest BCUT2D eigenvalue weighted by molar-refractivity contribution is 6.31. The van der Waals surface area contributed by atoms with Gasteiger partial charge in [0, 0.05) is 17.1 Å². The van der Waals surface area contributed by atoms with Crippen LogP contribution in [0.5, 0.6) is 0 Å². The Bertz CT molecular complexity index is 1670. The standard InChI is InChI=1S/C29H21ClN2O4/c1-3-14-32-27(34)26-24(25(33)19-15-17(2)12-13-23(19)36-26)29(32)20-9-5-7-11-22(20)31(28(29)35)16-18-8-4-6-10-21(18)30/h3-13,15H,1,14,16H2,2H3. The number of carbonyl (C=O) groups excluding carboxylic acids is 2. The van der Waals surface area contributed by atoms with Gasteiger partial charge in [-0.3, -0.25) is 14.4 Å². The minimum absolute atomic E-state index is 0.0477. The first-order chi connectivity index (χ1) is 17.4. The minimum atomic E-state index is -1.67. The molecule has 2 amide bonds. The third-order valence-corrected chi connectivity index (χ3v) is 7.36. The van der Waals surface area contributed by atoms with Gasteiger partial charge >= 0.3 is 0 Å². The molecule has 0 saturated carbocycles. The molecule has 3 heterocycles. The molecule has 2 aliphatic rings. The summed E-state index contributed by atoms with van der Waals surface area (Å²) in [5.41, 5.74) is 1.08. The summed E-state index contributed by atoms with van der Waals surface area (Å²) in [4.78, 5) is 45.3. The van der Waals surface area contributed by atoms with Crippen molar-refractivity contribution in [3.05, 3.63) is 123 Å². The van der Waals surface area contributed by atoms with Crippen LogP contribution in [0.4, 0.5) is 5.69 Å². The summed E-state index contributed by atoms with van der Waals surface area (Å²) in [7, 11) is 0. The summed E-state index contributed by atoms with van der Waals surface area (Å²) in [6.45, 7) is 5.91. The highest BCUT2D eigenvalue weighted by atomic mass is 35.5. The lowest BCUT2D eigenvalue weighted by molar-refractivity contribution is -0.126. The Kier molecular flexibility index (Phi) is 4.92. The fourth-order valence-corrected chi connectivity index (χ4v) is 5.63. The van der Waals surface area contributed by atoms with Gasteiger partial charge in [0.25, 0.3) is 11.8 Å². The van der Waals surface area contributed by atoms with Crippen LogP contribution in [0.25, 0.3) is 11.0 Å². The lowest BCUT2D eigenvalue weighted by Crippen LogP contribution is -2.53. The van der Waals surface area contributed by atoms with Gasteiger partial charge in [0.15, 0.2) is 11.0 Å². The molecule has 6 rings (SSSR count). The summed E-state index contributed by atoms with van der Waals surface area (Å²) < 4.78 is 6.03. The van der Waals surface area contributed by atoms with Crippen molar-refractivity contribution in [2.24, 2.45) is 0 Å². The Balaban J connectivity index is 1.67. The first-order valence-electron chi connectivity index (χ1n) is 11.5. The second-order valence-corrected chi connectivity index (χ2v) is 9.46. The first kappa shape index (κ1) is 22.3. The molecule has 3 aromatic carbocycles. The van der Waals surface area contributed by atoms with E-state index in [4.69, 9.17) is 16.0 Å². The van der Waals surface area contributed by atoms with Gasteiger partial charge in [-0.1, -0.05) is 65.7 Å². The van der Waals surface area contributed by atoms with Crippen LogP contribution in [-0.2, 0) is 16.9 Å². The van der Waals surface area contributed by atoms with E-state index in [0.29, 0.717) is 27.2 Å². The fourth-order valence-electron chi connectivity index (χ4n) is 5.44. The van der Waals surface area contributed by atoms with Gasteiger partial charge in [0.2, 0.25) is 5.76 Å². The van der Waals surface area contributed by atoms with E-state index in [2.05, 4.69) is 6.58 Å². The van der Waals surface area contributed by atoms with E-state index in [-0.39, 0.29) is 24.4 Å². The second kappa shape index (κ2) is 7.93. The predicted octanol–water partition coefficient (Wildman–Crippen LogP) is 5.19. The smallest absolute Gasteiger partial charge is 0.291 e. The number of fused-ring (bicyclic) bond motifs is 5. The second-order valence-electron chi connectivity index (χ2n) is 9.05. The third-order valence-electron chi connectivity index (χ3n) is 6.99. The lowest BCUT2D eigenvalue weighted by Gasteiger charge is -2.33. The average molecular weight is 497 g/mol. The molecule has 0 aliphatic carbocycles. The van der Waals surface area contributed by atoms with Crippen LogP contribution in [0, 0.1) is 6.92 Å². The van der Waals surface area contributed by atoms with Crippen molar-refractivity contribution in [3.63, 3.8) is 0 Å². The van der Waals surface area contributed by atoms with Gasteiger partial charge in [0.05, 0.1) is 23.2 Å². The summed E-state index contributed by atoms with van der Waals surface area (Å²) in [6, 6.07) is 19.7. The van der Waals surface area contributed by atoms with Crippen LogP contribution < -0.4 is 10.3 Å². The number of halogens is 1. The Morgan fingerprint density at radius 1 is 1.03 bits per heavy atom. The number of para-hydroxylation sites is 1. The van der Waals surface area contributed by atoms with Crippen LogP contribution in [-0.4, -0.2) is 23.3 Å².